The topological polar surface area (TPSA) is 29.1 Å². The van der Waals surface area contributed by atoms with Crippen LogP contribution in [-0.4, -0.2) is 11.8 Å². The number of rotatable bonds is 9. The molecule has 0 saturated carbocycles. The maximum atomic E-state index is 12.1. The number of halogens is 1. The third-order valence-corrected chi connectivity index (χ3v) is 4.05. The molecule has 0 saturated heterocycles. The van der Waals surface area contributed by atoms with Crippen LogP contribution in [0.4, 0.5) is 0 Å². The normalized spacial score (nSPS) is 12.4. The molecule has 1 aromatic carbocycles. The van der Waals surface area contributed by atoms with Crippen LogP contribution in [0.1, 0.15) is 57.6 Å². The fraction of sp³-hybridized carbons (Fsp3) is 0.588. The van der Waals surface area contributed by atoms with E-state index in [1.165, 1.54) is 5.56 Å². The molecule has 0 radical (unpaired) electrons. The number of amides is 1. The molecule has 20 heavy (non-hydrogen) atoms. The standard InChI is InChI=1S/C17H26ClNO/c1-3-14(4-2)17(15-10-6-5-7-11-15)19-16(20)12-8-9-13-18/h5-7,10-11,14,17H,3-4,8-9,12-13H2,1-2H3,(H,19,20). The summed E-state index contributed by atoms with van der Waals surface area (Å²) in [5, 5.41) is 3.21. The molecule has 0 heterocycles. The smallest absolute Gasteiger partial charge is 0.220 e. The van der Waals surface area contributed by atoms with E-state index in [0.29, 0.717) is 18.2 Å². The number of alkyl halides is 1. The molecule has 1 aromatic rings. The third kappa shape index (κ3) is 5.54. The SMILES string of the molecule is CCC(CC)C(NC(=O)CCCCCl)c1ccccc1. The molecule has 0 aliphatic heterocycles. The van der Waals surface area contributed by atoms with Gasteiger partial charge in [-0.05, 0) is 24.3 Å². The Bertz CT molecular complexity index is 376. The lowest BCUT2D eigenvalue weighted by Gasteiger charge is -2.27. The number of nitrogens with one attached hydrogen (secondary N) is 1. The number of benzene rings is 1. The van der Waals surface area contributed by atoms with Crippen LogP contribution in [0.25, 0.3) is 0 Å². The van der Waals surface area contributed by atoms with Gasteiger partial charge in [0.25, 0.3) is 0 Å². The predicted molar refractivity (Wildman–Crippen MR) is 86.0 cm³/mol. The first-order valence-electron chi connectivity index (χ1n) is 7.63. The van der Waals surface area contributed by atoms with Gasteiger partial charge < -0.3 is 5.32 Å². The van der Waals surface area contributed by atoms with Crippen molar-refractivity contribution in [2.75, 3.05) is 5.88 Å². The van der Waals surface area contributed by atoms with Gasteiger partial charge in [0, 0.05) is 12.3 Å². The van der Waals surface area contributed by atoms with E-state index in [9.17, 15) is 4.79 Å². The van der Waals surface area contributed by atoms with Crippen molar-refractivity contribution >= 4 is 17.5 Å². The van der Waals surface area contributed by atoms with Gasteiger partial charge in [-0.1, -0.05) is 57.0 Å². The van der Waals surface area contributed by atoms with Crippen LogP contribution < -0.4 is 5.32 Å². The summed E-state index contributed by atoms with van der Waals surface area (Å²) in [5.74, 6) is 1.24. The Labute approximate surface area is 127 Å². The summed E-state index contributed by atoms with van der Waals surface area (Å²) < 4.78 is 0. The first-order chi connectivity index (χ1) is 9.72. The molecular formula is C17H26ClNO. The van der Waals surface area contributed by atoms with E-state index in [1.54, 1.807) is 0 Å². The minimum Gasteiger partial charge on any atom is -0.349 e. The lowest BCUT2D eigenvalue weighted by atomic mass is 9.88. The van der Waals surface area contributed by atoms with Gasteiger partial charge in [0.05, 0.1) is 6.04 Å². The highest BCUT2D eigenvalue weighted by Gasteiger charge is 2.21. The summed E-state index contributed by atoms with van der Waals surface area (Å²) in [7, 11) is 0. The van der Waals surface area contributed by atoms with Gasteiger partial charge >= 0.3 is 0 Å². The molecule has 0 fully saturated rings. The molecule has 0 aliphatic carbocycles. The van der Waals surface area contributed by atoms with Crippen molar-refractivity contribution in [1.82, 2.24) is 5.32 Å². The molecule has 1 atom stereocenters. The molecule has 2 nitrogen and oxygen atoms in total. The fourth-order valence-electron chi connectivity index (χ4n) is 2.52. The lowest BCUT2D eigenvalue weighted by Crippen LogP contribution is -2.33. The maximum absolute atomic E-state index is 12.1. The molecule has 1 rings (SSSR count). The van der Waals surface area contributed by atoms with Crippen molar-refractivity contribution in [3.8, 4) is 0 Å². The zero-order chi connectivity index (χ0) is 14.8. The van der Waals surface area contributed by atoms with E-state index in [4.69, 9.17) is 11.6 Å². The highest BCUT2D eigenvalue weighted by molar-refractivity contribution is 6.17. The highest BCUT2D eigenvalue weighted by Crippen LogP contribution is 2.27. The summed E-state index contributed by atoms with van der Waals surface area (Å²) in [6.07, 6.45) is 4.46. The van der Waals surface area contributed by atoms with Gasteiger partial charge in [-0.3, -0.25) is 4.79 Å². The van der Waals surface area contributed by atoms with Gasteiger partial charge in [-0.15, -0.1) is 11.6 Å². The zero-order valence-corrected chi connectivity index (χ0v) is 13.3. The first kappa shape index (κ1) is 17.0. The highest BCUT2D eigenvalue weighted by atomic mass is 35.5. The van der Waals surface area contributed by atoms with Crippen molar-refractivity contribution in [3.63, 3.8) is 0 Å². The average Bonchev–Trinajstić information content (AvgIpc) is 2.48. The monoisotopic (exact) mass is 295 g/mol. The van der Waals surface area contributed by atoms with Crippen molar-refractivity contribution in [3.05, 3.63) is 35.9 Å². The Balaban J connectivity index is 2.71. The van der Waals surface area contributed by atoms with Crippen molar-refractivity contribution in [2.45, 2.75) is 52.0 Å². The summed E-state index contributed by atoms with van der Waals surface area (Å²) in [6, 6.07) is 10.4. The van der Waals surface area contributed by atoms with Crippen molar-refractivity contribution in [1.29, 1.82) is 0 Å². The second kappa shape index (κ2) is 9.82. The van der Waals surface area contributed by atoms with Gasteiger partial charge in [0.2, 0.25) is 5.91 Å². The van der Waals surface area contributed by atoms with E-state index >= 15 is 0 Å². The average molecular weight is 296 g/mol. The van der Waals surface area contributed by atoms with Crippen LogP contribution in [0.15, 0.2) is 30.3 Å². The van der Waals surface area contributed by atoms with E-state index in [2.05, 4.69) is 31.3 Å². The molecule has 1 unspecified atom stereocenters. The fourth-order valence-corrected chi connectivity index (χ4v) is 2.71. The number of carbonyl (C=O) groups excluding carboxylic acids is 1. The molecule has 0 aliphatic rings. The number of carbonyl (C=O) groups is 1. The van der Waals surface area contributed by atoms with Crippen LogP contribution in [0.2, 0.25) is 0 Å². The van der Waals surface area contributed by atoms with Crippen molar-refractivity contribution < 1.29 is 4.79 Å². The Morgan fingerprint density at radius 1 is 1.15 bits per heavy atom. The van der Waals surface area contributed by atoms with Gasteiger partial charge in [-0.25, -0.2) is 0 Å². The van der Waals surface area contributed by atoms with E-state index in [1.807, 2.05) is 18.2 Å². The van der Waals surface area contributed by atoms with Crippen LogP contribution in [0, 0.1) is 5.92 Å². The Morgan fingerprint density at radius 3 is 2.35 bits per heavy atom. The van der Waals surface area contributed by atoms with E-state index < -0.39 is 0 Å². The molecular weight excluding hydrogens is 270 g/mol. The first-order valence-corrected chi connectivity index (χ1v) is 8.16. The summed E-state index contributed by atoms with van der Waals surface area (Å²) >= 11 is 5.65. The molecule has 3 heteroatoms. The zero-order valence-electron chi connectivity index (χ0n) is 12.6. The van der Waals surface area contributed by atoms with Crippen LogP contribution in [-0.2, 0) is 4.79 Å². The quantitative estimate of drug-likeness (QED) is 0.520. The van der Waals surface area contributed by atoms with E-state index in [-0.39, 0.29) is 11.9 Å². The van der Waals surface area contributed by atoms with Gasteiger partial charge in [0.1, 0.15) is 0 Å². The second-order valence-corrected chi connectivity index (χ2v) is 5.56. The third-order valence-electron chi connectivity index (χ3n) is 3.78. The summed E-state index contributed by atoms with van der Waals surface area (Å²) in [5.41, 5.74) is 1.20. The number of unbranched alkanes of at least 4 members (excludes halogenated alkanes) is 1. The van der Waals surface area contributed by atoms with Gasteiger partial charge in [0.15, 0.2) is 0 Å². The molecule has 1 N–H and O–H groups in total. The Hall–Kier alpha value is -1.02. The van der Waals surface area contributed by atoms with E-state index in [0.717, 1.165) is 25.7 Å². The molecule has 112 valence electrons. The largest absolute Gasteiger partial charge is 0.349 e. The Kier molecular flexibility index (Phi) is 8.36. The molecule has 0 spiro atoms. The van der Waals surface area contributed by atoms with Gasteiger partial charge in [-0.2, -0.15) is 0 Å². The second-order valence-electron chi connectivity index (χ2n) is 5.18. The predicted octanol–water partition coefficient (Wildman–Crippen LogP) is 4.69. The number of hydrogen-bond acceptors (Lipinski definition) is 1. The van der Waals surface area contributed by atoms with Crippen LogP contribution in [0.3, 0.4) is 0 Å². The molecule has 0 aromatic heterocycles. The minimum absolute atomic E-state index is 0.120. The summed E-state index contributed by atoms with van der Waals surface area (Å²) in [4.78, 5) is 12.1. The maximum Gasteiger partial charge on any atom is 0.220 e. The molecule has 0 bridgehead atoms. The minimum atomic E-state index is 0.120. The lowest BCUT2D eigenvalue weighted by molar-refractivity contribution is -0.122. The van der Waals surface area contributed by atoms with Crippen molar-refractivity contribution in [2.24, 2.45) is 5.92 Å². The van der Waals surface area contributed by atoms with Crippen LogP contribution in [0.5, 0.6) is 0 Å². The van der Waals surface area contributed by atoms with Crippen LogP contribution >= 0.6 is 11.6 Å². The Morgan fingerprint density at radius 2 is 1.80 bits per heavy atom. The number of hydrogen-bond donors (Lipinski definition) is 1. The summed E-state index contributed by atoms with van der Waals surface area (Å²) in [6.45, 7) is 4.37. The molecule has 1 amide bonds.